The zero-order valence-electron chi connectivity index (χ0n) is 12.0. The first-order valence-corrected chi connectivity index (χ1v) is 9.90. The van der Waals surface area contributed by atoms with Crippen LogP contribution in [0.3, 0.4) is 0 Å². The molecule has 1 aromatic rings. The second kappa shape index (κ2) is 6.70. The first-order chi connectivity index (χ1) is 10.1. The Morgan fingerprint density at radius 2 is 2.19 bits per heavy atom. The summed E-state index contributed by atoms with van der Waals surface area (Å²) < 4.78 is 29.3. The standard InChI is InChI=1S/C13H22N4O2S2/c18-21(19,16-7-12-9-20-10-15-12)17-6-2-1-3-13(17)8-14-11-4-5-11/h9-11,13-14,16H,1-8H2. The summed E-state index contributed by atoms with van der Waals surface area (Å²) in [6.07, 6.45) is 5.44. The smallest absolute Gasteiger partial charge is 0.280 e. The summed E-state index contributed by atoms with van der Waals surface area (Å²) in [5.41, 5.74) is 2.49. The number of aromatic nitrogens is 1. The van der Waals surface area contributed by atoms with Gasteiger partial charge in [-0.1, -0.05) is 6.42 Å². The lowest BCUT2D eigenvalue weighted by Gasteiger charge is -2.34. The molecule has 3 rings (SSSR count). The molecule has 1 aromatic heterocycles. The molecule has 0 bridgehead atoms. The molecule has 8 heteroatoms. The Hall–Kier alpha value is -0.540. The van der Waals surface area contributed by atoms with Gasteiger partial charge in [0.2, 0.25) is 0 Å². The molecule has 0 aromatic carbocycles. The zero-order valence-corrected chi connectivity index (χ0v) is 13.6. The van der Waals surface area contributed by atoms with Gasteiger partial charge in [0, 0.05) is 30.6 Å². The van der Waals surface area contributed by atoms with Crippen LogP contribution in [0.5, 0.6) is 0 Å². The van der Waals surface area contributed by atoms with Gasteiger partial charge in [-0.05, 0) is 25.7 Å². The maximum Gasteiger partial charge on any atom is 0.280 e. The van der Waals surface area contributed by atoms with E-state index < -0.39 is 10.2 Å². The Balaban J connectivity index is 1.59. The molecule has 6 nitrogen and oxygen atoms in total. The Morgan fingerprint density at radius 1 is 1.33 bits per heavy atom. The quantitative estimate of drug-likeness (QED) is 0.785. The third-order valence-corrected chi connectivity index (χ3v) is 6.26. The van der Waals surface area contributed by atoms with E-state index in [-0.39, 0.29) is 12.6 Å². The van der Waals surface area contributed by atoms with Crippen molar-refractivity contribution >= 4 is 21.5 Å². The van der Waals surface area contributed by atoms with Crippen LogP contribution in [-0.4, -0.2) is 42.9 Å². The molecule has 1 aliphatic heterocycles. The molecule has 1 atom stereocenters. The maximum atomic E-state index is 12.5. The van der Waals surface area contributed by atoms with Crippen molar-refractivity contribution in [3.8, 4) is 0 Å². The van der Waals surface area contributed by atoms with Crippen molar-refractivity contribution in [1.82, 2.24) is 19.3 Å². The van der Waals surface area contributed by atoms with Crippen LogP contribution in [0.4, 0.5) is 0 Å². The highest BCUT2D eigenvalue weighted by atomic mass is 32.2. The van der Waals surface area contributed by atoms with Crippen molar-refractivity contribution in [2.75, 3.05) is 13.1 Å². The summed E-state index contributed by atoms with van der Waals surface area (Å²) in [6, 6.07) is 0.687. The predicted molar refractivity (Wildman–Crippen MR) is 83.2 cm³/mol. The van der Waals surface area contributed by atoms with E-state index in [0.717, 1.165) is 31.5 Å². The van der Waals surface area contributed by atoms with Crippen molar-refractivity contribution in [2.45, 2.75) is 50.7 Å². The summed E-state index contributed by atoms with van der Waals surface area (Å²) in [6.45, 7) is 1.65. The van der Waals surface area contributed by atoms with Gasteiger partial charge >= 0.3 is 0 Å². The number of nitrogens with zero attached hydrogens (tertiary/aromatic N) is 2. The summed E-state index contributed by atoms with van der Waals surface area (Å²) in [7, 11) is -3.43. The molecular formula is C13H22N4O2S2. The first-order valence-electron chi connectivity index (χ1n) is 7.52. The lowest BCUT2D eigenvalue weighted by atomic mass is 10.1. The Bertz CT molecular complexity index is 543. The molecule has 21 heavy (non-hydrogen) atoms. The molecule has 2 fully saturated rings. The summed E-state index contributed by atoms with van der Waals surface area (Å²) in [4.78, 5) is 4.11. The van der Waals surface area contributed by atoms with Crippen molar-refractivity contribution in [2.24, 2.45) is 0 Å². The molecule has 1 unspecified atom stereocenters. The van der Waals surface area contributed by atoms with E-state index in [1.54, 1.807) is 9.82 Å². The molecule has 1 aliphatic carbocycles. The van der Waals surface area contributed by atoms with Crippen LogP contribution >= 0.6 is 11.3 Å². The van der Waals surface area contributed by atoms with E-state index in [1.165, 1.54) is 24.2 Å². The summed E-state index contributed by atoms with van der Waals surface area (Å²) in [5, 5.41) is 5.32. The zero-order chi connectivity index (χ0) is 14.7. The van der Waals surface area contributed by atoms with Gasteiger partial charge < -0.3 is 5.32 Å². The third-order valence-electron chi connectivity index (χ3n) is 4.02. The van der Waals surface area contributed by atoms with Crippen LogP contribution in [0.25, 0.3) is 0 Å². The minimum atomic E-state index is -3.43. The molecular weight excluding hydrogens is 308 g/mol. The fraction of sp³-hybridized carbons (Fsp3) is 0.769. The fourth-order valence-electron chi connectivity index (χ4n) is 2.66. The van der Waals surface area contributed by atoms with E-state index in [4.69, 9.17) is 0 Å². The minimum absolute atomic E-state index is 0.0762. The largest absolute Gasteiger partial charge is 0.312 e. The van der Waals surface area contributed by atoms with Crippen molar-refractivity contribution in [3.63, 3.8) is 0 Å². The van der Waals surface area contributed by atoms with Crippen molar-refractivity contribution < 1.29 is 8.42 Å². The monoisotopic (exact) mass is 330 g/mol. The van der Waals surface area contributed by atoms with Gasteiger partial charge in [0.05, 0.1) is 17.7 Å². The van der Waals surface area contributed by atoms with Gasteiger partial charge in [0.1, 0.15) is 0 Å². The van der Waals surface area contributed by atoms with Crippen molar-refractivity contribution in [3.05, 3.63) is 16.6 Å². The second-order valence-electron chi connectivity index (χ2n) is 5.75. The molecule has 1 saturated carbocycles. The lowest BCUT2D eigenvalue weighted by Crippen LogP contribution is -2.52. The van der Waals surface area contributed by atoms with Crippen LogP contribution in [0.2, 0.25) is 0 Å². The lowest BCUT2D eigenvalue weighted by molar-refractivity contribution is 0.242. The Morgan fingerprint density at radius 3 is 2.90 bits per heavy atom. The van der Waals surface area contributed by atoms with E-state index >= 15 is 0 Å². The van der Waals surface area contributed by atoms with E-state index in [0.29, 0.717) is 12.6 Å². The molecule has 2 aliphatic rings. The molecule has 2 N–H and O–H groups in total. The predicted octanol–water partition coefficient (Wildman–Crippen LogP) is 1.08. The molecule has 2 heterocycles. The molecule has 118 valence electrons. The van der Waals surface area contributed by atoms with Gasteiger partial charge in [0.25, 0.3) is 10.2 Å². The van der Waals surface area contributed by atoms with E-state index in [2.05, 4.69) is 15.0 Å². The second-order valence-corrected chi connectivity index (χ2v) is 8.18. The van der Waals surface area contributed by atoms with Crippen LogP contribution < -0.4 is 10.0 Å². The maximum absolute atomic E-state index is 12.5. The fourth-order valence-corrected chi connectivity index (χ4v) is 4.65. The topological polar surface area (TPSA) is 74.3 Å². The summed E-state index contributed by atoms with van der Waals surface area (Å²) in [5.74, 6) is 0. The average Bonchev–Trinajstić information content (AvgIpc) is 3.17. The normalized spacial score (nSPS) is 24.3. The number of rotatable bonds is 7. The number of hydrogen-bond donors (Lipinski definition) is 2. The highest BCUT2D eigenvalue weighted by Crippen LogP contribution is 2.22. The minimum Gasteiger partial charge on any atom is -0.312 e. The van der Waals surface area contributed by atoms with E-state index in [1.807, 2.05) is 5.38 Å². The third kappa shape index (κ3) is 4.23. The van der Waals surface area contributed by atoms with Crippen molar-refractivity contribution in [1.29, 1.82) is 0 Å². The van der Waals surface area contributed by atoms with Gasteiger partial charge in [-0.15, -0.1) is 11.3 Å². The number of thiazole rings is 1. The molecule has 0 spiro atoms. The Labute approximate surface area is 130 Å². The van der Waals surface area contributed by atoms with Crippen LogP contribution in [0.15, 0.2) is 10.9 Å². The molecule has 0 amide bonds. The Kier molecular flexibility index (Phi) is 4.90. The van der Waals surface area contributed by atoms with E-state index in [9.17, 15) is 8.42 Å². The number of hydrogen-bond acceptors (Lipinski definition) is 5. The molecule has 0 radical (unpaired) electrons. The number of nitrogens with one attached hydrogen (secondary N) is 2. The van der Waals surface area contributed by atoms with Crippen LogP contribution in [0.1, 0.15) is 37.8 Å². The number of piperidine rings is 1. The highest BCUT2D eigenvalue weighted by Gasteiger charge is 2.33. The van der Waals surface area contributed by atoms with Gasteiger partial charge in [-0.25, -0.2) is 4.98 Å². The molecule has 1 saturated heterocycles. The average molecular weight is 330 g/mol. The van der Waals surface area contributed by atoms with Gasteiger partial charge in [-0.2, -0.15) is 17.4 Å². The van der Waals surface area contributed by atoms with Crippen LogP contribution in [0, 0.1) is 0 Å². The highest BCUT2D eigenvalue weighted by molar-refractivity contribution is 7.87. The van der Waals surface area contributed by atoms with Gasteiger partial charge in [0.15, 0.2) is 0 Å². The first kappa shape index (κ1) is 15.4. The van der Waals surface area contributed by atoms with Crippen LogP contribution in [-0.2, 0) is 16.8 Å². The summed E-state index contributed by atoms with van der Waals surface area (Å²) >= 11 is 1.48. The van der Waals surface area contributed by atoms with Gasteiger partial charge in [-0.3, -0.25) is 0 Å². The SMILES string of the molecule is O=S(=O)(NCc1cscn1)N1CCCCC1CNC1CC1.